The summed E-state index contributed by atoms with van der Waals surface area (Å²) in [5.74, 6) is 0.411. The molecule has 0 aliphatic rings. The average Bonchev–Trinajstić information content (AvgIpc) is 3.23. The van der Waals surface area contributed by atoms with Gasteiger partial charge in [0.2, 0.25) is 5.91 Å². The number of furan rings is 1. The number of hydrogen-bond acceptors (Lipinski definition) is 3. The van der Waals surface area contributed by atoms with E-state index >= 15 is 0 Å². The van der Waals surface area contributed by atoms with Crippen molar-refractivity contribution in [2.45, 2.75) is 19.5 Å². The van der Waals surface area contributed by atoms with E-state index in [1.807, 2.05) is 18.2 Å². The Labute approximate surface area is 179 Å². The van der Waals surface area contributed by atoms with Crippen LogP contribution in [0.1, 0.15) is 27.2 Å². The second kappa shape index (κ2) is 9.63. The molecule has 0 spiro atoms. The number of carbonyl (C=O) groups is 2. The molecule has 0 fully saturated rings. The average molecular weight is 431 g/mol. The Hall–Kier alpha value is -2.76. The maximum absolute atomic E-state index is 13.0. The quantitative estimate of drug-likeness (QED) is 0.589. The smallest absolute Gasteiger partial charge is 0.251 e. The third-order valence-corrected chi connectivity index (χ3v) is 5.05. The van der Waals surface area contributed by atoms with Crippen LogP contribution in [-0.2, 0) is 24.3 Å². The summed E-state index contributed by atoms with van der Waals surface area (Å²) in [6, 6.07) is 15.8. The minimum Gasteiger partial charge on any atom is -0.467 e. The molecule has 0 saturated heterocycles. The number of nitrogens with one attached hydrogen (secondary N) is 1. The van der Waals surface area contributed by atoms with Crippen LogP contribution in [0.4, 0.5) is 0 Å². The van der Waals surface area contributed by atoms with Crippen LogP contribution in [0.2, 0.25) is 10.0 Å². The van der Waals surface area contributed by atoms with Gasteiger partial charge >= 0.3 is 0 Å². The number of hydrogen-bond donors (Lipinski definition) is 1. The van der Waals surface area contributed by atoms with Gasteiger partial charge in [-0.1, -0.05) is 35.3 Å². The summed E-state index contributed by atoms with van der Waals surface area (Å²) in [4.78, 5) is 26.5. The number of benzene rings is 2. The maximum atomic E-state index is 13.0. The van der Waals surface area contributed by atoms with Crippen molar-refractivity contribution in [3.8, 4) is 0 Å². The zero-order chi connectivity index (χ0) is 20.8. The maximum Gasteiger partial charge on any atom is 0.251 e. The van der Waals surface area contributed by atoms with E-state index in [0.717, 1.165) is 5.56 Å². The summed E-state index contributed by atoms with van der Waals surface area (Å²) in [5, 5.41) is 3.61. The first kappa shape index (κ1) is 21.0. The minimum absolute atomic E-state index is 0.110. The van der Waals surface area contributed by atoms with Crippen molar-refractivity contribution < 1.29 is 14.0 Å². The Balaban J connectivity index is 1.79. The zero-order valence-corrected chi connectivity index (χ0v) is 17.3. The molecule has 2 aromatic carbocycles. The monoisotopic (exact) mass is 430 g/mol. The lowest BCUT2D eigenvalue weighted by molar-refractivity contribution is -0.132. The summed E-state index contributed by atoms with van der Waals surface area (Å²) in [5.41, 5.74) is 2.13. The van der Waals surface area contributed by atoms with E-state index in [1.54, 1.807) is 54.6 Å². The highest BCUT2D eigenvalue weighted by molar-refractivity contribution is 6.33. The molecule has 7 heteroatoms. The minimum atomic E-state index is -0.157. The van der Waals surface area contributed by atoms with Gasteiger partial charge in [0.05, 0.1) is 19.2 Å². The predicted molar refractivity (Wildman–Crippen MR) is 113 cm³/mol. The van der Waals surface area contributed by atoms with Gasteiger partial charge in [0.15, 0.2) is 0 Å². The van der Waals surface area contributed by atoms with Gasteiger partial charge in [-0.2, -0.15) is 0 Å². The molecule has 1 aromatic heterocycles. The number of amides is 2. The molecule has 1 heterocycles. The number of rotatable bonds is 7. The van der Waals surface area contributed by atoms with Crippen molar-refractivity contribution in [1.82, 2.24) is 10.2 Å². The molecule has 5 nitrogen and oxygen atoms in total. The normalized spacial score (nSPS) is 10.6. The zero-order valence-electron chi connectivity index (χ0n) is 15.8. The van der Waals surface area contributed by atoms with Gasteiger partial charge in [0.1, 0.15) is 5.76 Å². The van der Waals surface area contributed by atoms with Crippen molar-refractivity contribution in [1.29, 1.82) is 0 Å². The fraction of sp³-hybridized carbons (Fsp3) is 0.182. The highest BCUT2D eigenvalue weighted by atomic mass is 35.5. The largest absolute Gasteiger partial charge is 0.467 e. The SMILES string of the molecule is CNC(=O)c1ccc(CN(Cc2ccco2)C(=O)Cc2cc(Cl)ccc2Cl)cc1. The summed E-state index contributed by atoms with van der Waals surface area (Å²) < 4.78 is 5.42. The van der Waals surface area contributed by atoms with Gasteiger partial charge in [0, 0.05) is 29.2 Å². The first-order valence-electron chi connectivity index (χ1n) is 9.01. The number of carbonyl (C=O) groups excluding carboxylic acids is 2. The Bertz CT molecular complexity index is 986. The van der Waals surface area contributed by atoms with E-state index in [0.29, 0.717) is 40.0 Å². The Morgan fingerprint density at radius 2 is 1.79 bits per heavy atom. The van der Waals surface area contributed by atoms with Gasteiger partial charge < -0.3 is 14.6 Å². The van der Waals surface area contributed by atoms with Crippen molar-refractivity contribution in [2.24, 2.45) is 0 Å². The Morgan fingerprint density at radius 3 is 2.45 bits per heavy atom. The van der Waals surface area contributed by atoms with E-state index in [4.69, 9.17) is 27.6 Å². The molecular formula is C22H20Cl2N2O3. The predicted octanol–water partition coefficient (Wildman–Crippen LogP) is 4.72. The molecule has 0 bridgehead atoms. The van der Waals surface area contributed by atoms with Crippen LogP contribution in [-0.4, -0.2) is 23.8 Å². The van der Waals surface area contributed by atoms with E-state index in [1.165, 1.54) is 0 Å². The van der Waals surface area contributed by atoms with Crippen LogP contribution in [0.25, 0.3) is 0 Å². The fourth-order valence-electron chi connectivity index (χ4n) is 2.90. The van der Waals surface area contributed by atoms with Crippen LogP contribution >= 0.6 is 23.2 Å². The van der Waals surface area contributed by atoms with Crippen LogP contribution in [0.3, 0.4) is 0 Å². The lowest BCUT2D eigenvalue weighted by atomic mass is 10.1. The Morgan fingerprint density at radius 1 is 1.03 bits per heavy atom. The van der Waals surface area contributed by atoms with Crippen LogP contribution in [0, 0.1) is 0 Å². The fourth-order valence-corrected chi connectivity index (χ4v) is 3.28. The van der Waals surface area contributed by atoms with Gasteiger partial charge in [-0.3, -0.25) is 9.59 Å². The molecule has 2 amide bonds. The molecule has 29 heavy (non-hydrogen) atoms. The summed E-state index contributed by atoms with van der Waals surface area (Å²) in [6.45, 7) is 0.687. The molecule has 1 N–H and O–H groups in total. The third-order valence-electron chi connectivity index (χ3n) is 4.45. The summed E-state index contributed by atoms with van der Waals surface area (Å²) >= 11 is 12.3. The molecule has 0 aliphatic carbocycles. The van der Waals surface area contributed by atoms with E-state index in [2.05, 4.69) is 5.32 Å². The van der Waals surface area contributed by atoms with E-state index < -0.39 is 0 Å². The highest BCUT2D eigenvalue weighted by Crippen LogP contribution is 2.22. The lowest BCUT2D eigenvalue weighted by Crippen LogP contribution is -2.31. The molecule has 150 valence electrons. The van der Waals surface area contributed by atoms with Crippen molar-refractivity contribution in [2.75, 3.05) is 7.05 Å². The van der Waals surface area contributed by atoms with Crippen molar-refractivity contribution in [3.63, 3.8) is 0 Å². The van der Waals surface area contributed by atoms with Gasteiger partial charge in [0.25, 0.3) is 5.91 Å². The summed E-state index contributed by atoms with van der Waals surface area (Å²) in [6.07, 6.45) is 1.69. The van der Waals surface area contributed by atoms with E-state index in [9.17, 15) is 9.59 Å². The van der Waals surface area contributed by atoms with Crippen LogP contribution in [0.5, 0.6) is 0 Å². The number of nitrogens with zero attached hydrogens (tertiary/aromatic N) is 1. The Kier molecular flexibility index (Phi) is 6.96. The topological polar surface area (TPSA) is 62.6 Å². The van der Waals surface area contributed by atoms with E-state index in [-0.39, 0.29) is 18.2 Å². The van der Waals surface area contributed by atoms with Crippen LogP contribution in [0.15, 0.2) is 65.3 Å². The van der Waals surface area contributed by atoms with Crippen molar-refractivity contribution >= 4 is 35.0 Å². The van der Waals surface area contributed by atoms with Crippen LogP contribution < -0.4 is 5.32 Å². The molecule has 0 aliphatic heterocycles. The standard InChI is InChI=1S/C22H20Cl2N2O3/c1-25-22(28)16-6-4-15(5-7-16)13-26(14-19-3-2-10-29-19)21(27)12-17-11-18(23)8-9-20(17)24/h2-11H,12-14H2,1H3,(H,25,28). The number of halogens is 2. The molecule has 0 radical (unpaired) electrons. The van der Waals surface area contributed by atoms with Crippen molar-refractivity contribution in [3.05, 3.63) is 93.4 Å². The second-order valence-corrected chi connectivity index (χ2v) is 7.36. The lowest BCUT2D eigenvalue weighted by Gasteiger charge is -2.22. The highest BCUT2D eigenvalue weighted by Gasteiger charge is 2.18. The van der Waals surface area contributed by atoms with Gasteiger partial charge in [-0.25, -0.2) is 0 Å². The molecule has 0 saturated carbocycles. The molecule has 0 unspecified atom stereocenters. The first-order chi connectivity index (χ1) is 14.0. The molecule has 0 atom stereocenters. The third kappa shape index (κ3) is 5.62. The molecular weight excluding hydrogens is 411 g/mol. The van der Waals surface area contributed by atoms with Gasteiger partial charge in [-0.05, 0) is 53.6 Å². The molecule has 3 rings (SSSR count). The summed E-state index contributed by atoms with van der Waals surface area (Å²) in [7, 11) is 1.58. The first-order valence-corrected chi connectivity index (χ1v) is 9.77. The molecule has 3 aromatic rings. The second-order valence-electron chi connectivity index (χ2n) is 6.52. The van der Waals surface area contributed by atoms with Gasteiger partial charge in [-0.15, -0.1) is 0 Å².